The molecular formula is C24H38N6O6S2. The van der Waals surface area contributed by atoms with E-state index in [0.717, 1.165) is 65.2 Å². The maximum Gasteiger partial charge on any atom is 0.294 e. The van der Waals surface area contributed by atoms with Crippen LogP contribution in [-0.2, 0) is 33.3 Å². The highest BCUT2D eigenvalue weighted by Gasteiger charge is 2.16. The molecule has 2 N–H and O–H groups in total. The van der Waals surface area contributed by atoms with E-state index in [1.807, 2.05) is 0 Å². The molecule has 2 aromatic rings. The van der Waals surface area contributed by atoms with Crippen LogP contribution >= 0.6 is 0 Å². The summed E-state index contributed by atoms with van der Waals surface area (Å²) in [6.45, 7) is 7.57. The van der Waals surface area contributed by atoms with Crippen LogP contribution in [0.1, 0.15) is 24.2 Å². The molecule has 0 aromatic carbocycles. The molecule has 14 heteroatoms. The average Bonchev–Trinajstić information content (AvgIpc) is 2.84. The molecule has 0 spiro atoms. The number of hydrogen-bond acceptors (Lipinski definition) is 10. The number of nitrogens with zero attached hydrogens (tertiary/aromatic N) is 6. The Kier molecular flexibility index (Phi) is 11.1. The molecule has 12 nitrogen and oxygen atoms in total. The number of pyridine rings is 2. The van der Waals surface area contributed by atoms with Crippen LogP contribution in [0, 0.1) is 0 Å². The van der Waals surface area contributed by atoms with E-state index in [1.54, 1.807) is 0 Å². The van der Waals surface area contributed by atoms with Crippen LogP contribution < -0.4 is 0 Å². The van der Waals surface area contributed by atoms with Crippen LogP contribution in [0.25, 0.3) is 0 Å². The van der Waals surface area contributed by atoms with E-state index in [1.165, 1.54) is 36.7 Å². The Hall–Kier alpha value is -2.04. The van der Waals surface area contributed by atoms with Crippen molar-refractivity contribution in [2.75, 3.05) is 66.5 Å². The fourth-order valence-electron chi connectivity index (χ4n) is 4.38. The first-order chi connectivity index (χ1) is 17.9. The molecule has 38 heavy (non-hydrogen) atoms. The average molecular weight is 571 g/mol. The highest BCUT2D eigenvalue weighted by Crippen LogP contribution is 2.13. The first kappa shape index (κ1) is 30.5. The van der Waals surface area contributed by atoms with Gasteiger partial charge >= 0.3 is 0 Å². The predicted octanol–water partition coefficient (Wildman–Crippen LogP) is 0.932. The minimum Gasteiger partial charge on any atom is -0.305 e. The van der Waals surface area contributed by atoms with Crippen molar-refractivity contribution in [2.45, 2.75) is 35.7 Å². The lowest BCUT2D eigenvalue weighted by atomic mass is 10.2. The summed E-state index contributed by atoms with van der Waals surface area (Å²) in [4.78, 5) is 17.3. The van der Waals surface area contributed by atoms with Gasteiger partial charge in [-0.3, -0.25) is 28.9 Å². The van der Waals surface area contributed by atoms with Crippen molar-refractivity contribution in [3.05, 3.63) is 48.0 Å². The van der Waals surface area contributed by atoms with Gasteiger partial charge in [0.25, 0.3) is 20.2 Å². The largest absolute Gasteiger partial charge is 0.305 e. The molecule has 0 aliphatic carbocycles. The first-order valence-electron chi connectivity index (χ1n) is 12.6. The topological polar surface area (TPSA) is 147 Å². The summed E-state index contributed by atoms with van der Waals surface area (Å²) in [6, 6.07) is 5.42. The van der Waals surface area contributed by atoms with E-state index in [2.05, 4.69) is 43.7 Å². The van der Waals surface area contributed by atoms with E-state index in [9.17, 15) is 25.9 Å². The molecule has 0 bridgehead atoms. The van der Waals surface area contributed by atoms with Gasteiger partial charge in [-0.05, 0) is 77.4 Å². The molecule has 212 valence electrons. The molecule has 3 heterocycles. The minimum atomic E-state index is -4.27. The van der Waals surface area contributed by atoms with E-state index < -0.39 is 20.2 Å². The van der Waals surface area contributed by atoms with E-state index >= 15 is 0 Å². The SMILES string of the molecule is CN1CCCN(Cc2cc(S(=O)(=O)O)ccn2)CCN(C)CCCN(Cc2cc(S(=O)(=O)O)ccn2)CC1. The van der Waals surface area contributed by atoms with Crippen LogP contribution in [0.4, 0.5) is 0 Å². The summed E-state index contributed by atoms with van der Waals surface area (Å²) >= 11 is 0. The van der Waals surface area contributed by atoms with Gasteiger partial charge in [0, 0.05) is 51.7 Å². The van der Waals surface area contributed by atoms with Crippen molar-refractivity contribution in [1.29, 1.82) is 0 Å². The monoisotopic (exact) mass is 570 g/mol. The van der Waals surface area contributed by atoms with Crippen LogP contribution in [0.3, 0.4) is 0 Å². The van der Waals surface area contributed by atoms with Gasteiger partial charge in [-0.25, -0.2) is 0 Å². The second-order valence-corrected chi connectivity index (χ2v) is 12.6. The second-order valence-electron chi connectivity index (χ2n) is 9.78. The Morgan fingerprint density at radius 2 is 1.05 bits per heavy atom. The molecule has 0 radical (unpaired) electrons. The lowest BCUT2D eigenvalue weighted by Gasteiger charge is -2.29. The third-order valence-corrected chi connectivity index (χ3v) is 8.27. The summed E-state index contributed by atoms with van der Waals surface area (Å²) < 4.78 is 64.8. The molecule has 0 unspecified atom stereocenters. The number of likely N-dealkylation sites (N-methyl/N-ethyl adjacent to an activating group) is 2. The third-order valence-electron chi connectivity index (χ3n) is 6.57. The standard InChI is InChI=1S/C24H38N6O6S2/c1-27-9-3-11-30(20-22-18-24(6-8-26-22)38(34,35)36)16-14-28(2)10-4-12-29(15-13-27)19-21-17-23(5-7-25-21)37(31,32)33/h5-8,17-18H,3-4,9-16,19-20H2,1-2H3,(H,31,32,33)(H,34,35,36). The highest BCUT2D eigenvalue weighted by atomic mass is 32.2. The molecule has 0 amide bonds. The molecule has 3 rings (SSSR count). The number of aromatic nitrogens is 2. The Balaban J connectivity index is 1.62. The molecule has 1 fully saturated rings. The van der Waals surface area contributed by atoms with Crippen molar-refractivity contribution in [1.82, 2.24) is 29.6 Å². The molecule has 1 saturated heterocycles. The molecular weight excluding hydrogens is 532 g/mol. The Morgan fingerprint density at radius 3 is 1.42 bits per heavy atom. The van der Waals surface area contributed by atoms with Gasteiger partial charge in [0.2, 0.25) is 0 Å². The molecule has 0 atom stereocenters. The van der Waals surface area contributed by atoms with Gasteiger partial charge in [0.15, 0.2) is 0 Å². The Morgan fingerprint density at radius 1 is 0.658 bits per heavy atom. The van der Waals surface area contributed by atoms with Gasteiger partial charge < -0.3 is 9.80 Å². The summed E-state index contributed by atoms with van der Waals surface area (Å²) in [5, 5.41) is 0. The lowest BCUT2D eigenvalue weighted by molar-refractivity contribution is 0.172. The molecule has 2 aromatic heterocycles. The van der Waals surface area contributed by atoms with Crippen molar-refractivity contribution >= 4 is 20.2 Å². The zero-order valence-corrected chi connectivity index (χ0v) is 23.6. The fraction of sp³-hybridized carbons (Fsp3) is 0.583. The summed E-state index contributed by atoms with van der Waals surface area (Å²) in [5.74, 6) is 0. The molecule has 1 aliphatic heterocycles. The van der Waals surface area contributed by atoms with Crippen LogP contribution in [0.5, 0.6) is 0 Å². The third kappa shape index (κ3) is 10.3. The van der Waals surface area contributed by atoms with E-state index in [4.69, 9.17) is 0 Å². The van der Waals surface area contributed by atoms with Crippen molar-refractivity contribution in [3.63, 3.8) is 0 Å². The summed E-state index contributed by atoms with van der Waals surface area (Å²) in [5.41, 5.74) is 1.19. The van der Waals surface area contributed by atoms with Crippen LogP contribution in [0.2, 0.25) is 0 Å². The van der Waals surface area contributed by atoms with Crippen molar-refractivity contribution in [2.24, 2.45) is 0 Å². The summed E-state index contributed by atoms with van der Waals surface area (Å²) in [6.07, 6.45) is 4.64. The first-order valence-corrected chi connectivity index (χ1v) is 15.4. The lowest BCUT2D eigenvalue weighted by Crippen LogP contribution is -2.39. The van der Waals surface area contributed by atoms with Gasteiger partial charge in [0.05, 0.1) is 21.2 Å². The number of rotatable bonds is 6. The van der Waals surface area contributed by atoms with Crippen LogP contribution in [0.15, 0.2) is 46.5 Å². The Labute approximate surface area is 225 Å². The maximum absolute atomic E-state index is 11.5. The second kappa shape index (κ2) is 13.8. The van der Waals surface area contributed by atoms with Crippen molar-refractivity contribution in [3.8, 4) is 0 Å². The normalized spacial score (nSPS) is 19.3. The fourth-order valence-corrected chi connectivity index (χ4v) is 5.42. The quantitative estimate of drug-likeness (QED) is 0.476. The molecule has 1 aliphatic rings. The zero-order chi connectivity index (χ0) is 27.8. The van der Waals surface area contributed by atoms with Gasteiger partial charge in [-0.1, -0.05) is 0 Å². The zero-order valence-electron chi connectivity index (χ0n) is 22.0. The van der Waals surface area contributed by atoms with Crippen molar-refractivity contribution < 1.29 is 25.9 Å². The van der Waals surface area contributed by atoms with E-state index in [0.29, 0.717) is 24.5 Å². The summed E-state index contributed by atoms with van der Waals surface area (Å²) in [7, 11) is -4.42. The maximum atomic E-state index is 11.5. The predicted molar refractivity (Wildman–Crippen MR) is 143 cm³/mol. The Bertz CT molecular complexity index is 1160. The minimum absolute atomic E-state index is 0.147. The van der Waals surface area contributed by atoms with Crippen LogP contribution in [-0.4, -0.2) is 122 Å². The van der Waals surface area contributed by atoms with Gasteiger partial charge in [0.1, 0.15) is 0 Å². The number of hydrogen-bond donors (Lipinski definition) is 2. The van der Waals surface area contributed by atoms with E-state index in [-0.39, 0.29) is 9.79 Å². The van der Waals surface area contributed by atoms with Gasteiger partial charge in [-0.15, -0.1) is 0 Å². The smallest absolute Gasteiger partial charge is 0.294 e. The highest BCUT2D eigenvalue weighted by molar-refractivity contribution is 7.86. The molecule has 0 saturated carbocycles. The van der Waals surface area contributed by atoms with Gasteiger partial charge in [-0.2, -0.15) is 16.8 Å².